The Morgan fingerprint density at radius 3 is 2.50 bits per heavy atom. The summed E-state index contributed by atoms with van der Waals surface area (Å²) >= 11 is 0. The molecule has 1 rings (SSSR count). The highest BCUT2D eigenvalue weighted by atomic mass is 16.2. The number of hydrogen-bond donors (Lipinski definition) is 0. The van der Waals surface area contributed by atoms with Crippen molar-refractivity contribution >= 4 is 6.03 Å². The number of hydrogen-bond acceptors (Lipinski definition) is 2. The van der Waals surface area contributed by atoms with Crippen molar-refractivity contribution in [2.75, 3.05) is 20.6 Å². The molecule has 1 aliphatic heterocycles. The lowest BCUT2D eigenvalue weighted by atomic mass is 10.5. The smallest absolute Gasteiger partial charge is 0.321 e. The Kier molecular flexibility index (Phi) is 1.57. The molecular formula is C5H9N4O-. The van der Waals surface area contributed by atoms with Crippen molar-refractivity contribution in [2.45, 2.75) is 6.17 Å². The van der Waals surface area contributed by atoms with Crippen LogP contribution in [0.5, 0.6) is 0 Å². The van der Waals surface area contributed by atoms with Crippen LogP contribution in [-0.4, -0.2) is 42.6 Å². The van der Waals surface area contributed by atoms with Crippen LogP contribution in [0.3, 0.4) is 0 Å². The zero-order chi connectivity index (χ0) is 7.72. The largest absolute Gasteiger partial charge is 0.710 e. The maximum absolute atomic E-state index is 11.0. The molecule has 0 aliphatic carbocycles. The van der Waals surface area contributed by atoms with Gasteiger partial charge in [0.1, 0.15) is 6.17 Å². The first-order valence-electron chi connectivity index (χ1n) is 2.99. The van der Waals surface area contributed by atoms with E-state index in [4.69, 9.17) is 5.53 Å². The Hall–Kier alpha value is -1.13. The minimum absolute atomic E-state index is 0.109. The number of rotatable bonds is 1. The maximum atomic E-state index is 11.0. The van der Waals surface area contributed by atoms with Gasteiger partial charge < -0.3 is 20.4 Å². The van der Waals surface area contributed by atoms with E-state index in [1.54, 1.807) is 14.1 Å². The van der Waals surface area contributed by atoms with Crippen LogP contribution in [0.15, 0.2) is 5.11 Å². The lowest BCUT2D eigenvalue weighted by molar-refractivity contribution is 0.201. The van der Waals surface area contributed by atoms with E-state index >= 15 is 0 Å². The van der Waals surface area contributed by atoms with Crippen molar-refractivity contribution < 1.29 is 4.79 Å². The molecule has 10 heavy (non-hydrogen) atoms. The van der Waals surface area contributed by atoms with Crippen LogP contribution in [0, 0.1) is 0 Å². The van der Waals surface area contributed by atoms with E-state index in [0.29, 0.717) is 6.54 Å². The number of amides is 2. The summed E-state index contributed by atoms with van der Waals surface area (Å²) in [4.78, 5) is 13.8. The van der Waals surface area contributed by atoms with Gasteiger partial charge in [0, 0.05) is 14.1 Å². The average molecular weight is 141 g/mol. The van der Waals surface area contributed by atoms with Crippen LogP contribution in [0.1, 0.15) is 0 Å². The molecule has 1 aliphatic rings. The van der Waals surface area contributed by atoms with Gasteiger partial charge in [-0.3, -0.25) is 0 Å². The Bertz CT molecular complexity index is 169. The van der Waals surface area contributed by atoms with E-state index in [2.05, 4.69) is 5.11 Å². The summed E-state index contributed by atoms with van der Waals surface area (Å²) in [6, 6.07) is -0.109. The Morgan fingerprint density at radius 2 is 2.30 bits per heavy atom. The molecular weight excluding hydrogens is 132 g/mol. The summed E-state index contributed by atoms with van der Waals surface area (Å²) in [5.74, 6) is 0. The minimum atomic E-state index is -0.391. The second-order valence-corrected chi connectivity index (χ2v) is 2.37. The van der Waals surface area contributed by atoms with Crippen LogP contribution >= 0.6 is 0 Å². The standard InChI is InChI=1S/C5H9N4O/c1-8-3-4(7-6)9(2)5(8)10/h4H,3H2,1-2H3/q-1. The monoisotopic (exact) mass is 141 g/mol. The van der Waals surface area contributed by atoms with E-state index in [-0.39, 0.29) is 6.03 Å². The molecule has 56 valence electrons. The summed E-state index contributed by atoms with van der Waals surface area (Å²) in [6.45, 7) is 0.464. The molecule has 0 bridgehead atoms. The molecule has 1 atom stereocenters. The quantitative estimate of drug-likeness (QED) is 0.485. The van der Waals surface area contributed by atoms with Crippen molar-refractivity contribution in [3.05, 3.63) is 5.53 Å². The van der Waals surface area contributed by atoms with Gasteiger partial charge in [-0.05, 0) is 0 Å². The van der Waals surface area contributed by atoms with Crippen LogP contribution < -0.4 is 0 Å². The highest BCUT2D eigenvalue weighted by Gasteiger charge is 2.29. The normalized spacial score (nSPS) is 25.8. The third-order valence-corrected chi connectivity index (χ3v) is 1.65. The van der Waals surface area contributed by atoms with E-state index in [9.17, 15) is 4.79 Å². The first kappa shape index (κ1) is 6.98. The van der Waals surface area contributed by atoms with Gasteiger partial charge in [-0.2, -0.15) is 0 Å². The Labute approximate surface area is 59.1 Å². The van der Waals surface area contributed by atoms with Crippen LogP contribution in [0.4, 0.5) is 4.79 Å². The number of carbonyl (C=O) groups excluding carboxylic acids is 1. The third kappa shape index (κ3) is 0.832. The number of nitrogens with zero attached hydrogens (tertiary/aromatic N) is 4. The summed E-state index contributed by atoms with van der Waals surface area (Å²) in [7, 11) is 3.28. The molecule has 5 nitrogen and oxygen atoms in total. The Morgan fingerprint density at radius 1 is 1.70 bits per heavy atom. The maximum Gasteiger partial charge on any atom is 0.321 e. The molecule has 0 spiro atoms. The van der Waals surface area contributed by atoms with Crippen molar-refractivity contribution in [1.29, 1.82) is 0 Å². The fourth-order valence-electron chi connectivity index (χ4n) is 0.956. The van der Waals surface area contributed by atoms with E-state index in [1.807, 2.05) is 0 Å². The molecule has 0 aromatic carbocycles. The van der Waals surface area contributed by atoms with Gasteiger partial charge in [0.15, 0.2) is 0 Å². The first-order valence-corrected chi connectivity index (χ1v) is 2.99. The minimum Gasteiger partial charge on any atom is -0.710 e. The summed E-state index contributed by atoms with van der Waals surface area (Å²) in [6.07, 6.45) is -0.391. The second kappa shape index (κ2) is 2.24. The van der Waals surface area contributed by atoms with E-state index < -0.39 is 6.17 Å². The van der Waals surface area contributed by atoms with E-state index in [1.165, 1.54) is 9.80 Å². The van der Waals surface area contributed by atoms with Gasteiger partial charge in [-0.1, -0.05) is 0 Å². The number of carbonyl (C=O) groups is 1. The van der Waals surface area contributed by atoms with Crippen molar-refractivity contribution in [3.8, 4) is 0 Å². The van der Waals surface area contributed by atoms with Gasteiger partial charge >= 0.3 is 6.03 Å². The summed E-state index contributed by atoms with van der Waals surface area (Å²) in [5, 5.41) is 3.03. The predicted octanol–water partition coefficient (Wildman–Crippen LogP) is 0.331. The molecule has 1 fully saturated rings. The molecule has 2 amide bonds. The van der Waals surface area contributed by atoms with Gasteiger partial charge in [0.25, 0.3) is 0 Å². The third-order valence-electron chi connectivity index (χ3n) is 1.65. The highest BCUT2D eigenvalue weighted by Crippen LogP contribution is 2.11. The SMILES string of the molecule is CN1CC(N=[N-])N(C)C1=O. The van der Waals surface area contributed by atoms with Crippen LogP contribution in [-0.2, 0) is 0 Å². The lowest BCUT2D eigenvalue weighted by Crippen LogP contribution is -2.28. The molecule has 0 N–H and O–H groups in total. The highest BCUT2D eigenvalue weighted by molar-refractivity contribution is 5.76. The molecule has 1 saturated heterocycles. The molecule has 0 aromatic heterocycles. The fraction of sp³-hybridized carbons (Fsp3) is 0.800. The zero-order valence-corrected chi connectivity index (χ0v) is 5.98. The first-order chi connectivity index (χ1) is 4.66. The average Bonchev–Trinajstić information content (AvgIpc) is 2.17. The van der Waals surface area contributed by atoms with Gasteiger partial charge in [0.2, 0.25) is 0 Å². The van der Waals surface area contributed by atoms with Gasteiger partial charge in [0.05, 0.1) is 6.54 Å². The fourth-order valence-corrected chi connectivity index (χ4v) is 0.956. The lowest BCUT2D eigenvalue weighted by Gasteiger charge is -2.14. The molecule has 0 saturated carbocycles. The topological polar surface area (TPSA) is 58.2 Å². The van der Waals surface area contributed by atoms with Gasteiger partial charge in [-0.15, -0.1) is 0 Å². The van der Waals surface area contributed by atoms with Crippen LogP contribution in [0.25, 0.3) is 5.53 Å². The number of urea groups is 1. The van der Waals surface area contributed by atoms with Crippen molar-refractivity contribution in [3.63, 3.8) is 0 Å². The zero-order valence-electron chi connectivity index (χ0n) is 5.98. The number of likely N-dealkylation sites (N-methyl/N-ethyl adjacent to an activating group) is 2. The van der Waals surface area contributed by atoms with E-state index in [0.717, 1.165) is 0 Å². The molecule has 1 unspecified atom stereocenters. The molecule has 0 aromatic rings. The predicted molar refractivity (Wildman–Crippen MR) is 35.4 cm³/mol. The Balaban J connectivity index is 2.70. The molecule has 5 heteroatoms. The molecule has 0 radical (unpaired) electrons. The van der Waals surface area contributed by atoms with Crippen molar-refractivity contribution in [1.82, 2.24) is 9.80 Å². The summed E-state index contributed by atoms with van der Waals surface area (Å²) in [5.41, 5.74) is 8.38. The second-order valence-electron chi connectivity index (χ2n) is 2.37. The molecule has 1 heterocycles. The van der Waals surface area contributed by atoms with Gasteiger partial charge in [-0.25, -0.2) is 4.79 Å². The summed E-state index contributed by atoms with van der Waals surface area (Å²) < 4.78 is 0. The van der Waals surface area contributed by atoms with Crippen LogP contribution in [0.2, 0.25) is 0 Å². The van der Waals surface area contributed by atoms with Crippen molar-refractivity contribution in [2.24, 2.45) is 5.11 Å².